The smallest absolute Gasteiger partial charge is 0.245 e. The molecule has 3 aromatic rings. The average Bonchev–Trinajstić information content (AvgIpc) is 2.86. The average molecular weight is 291 g/mol. The summed E-state index contributed by atoms with van der Waals surface area (Å²) in [4.78, 5) is 20.8. The zero-order valence-electron chi connectivity index (χ0n) is 10.7. The van der Waals surface area contributed by atoms with Crippen molar-refractivity contribution >= 4 is 22.8 Å². The number of hydrogen-bond acceptors (Lipinski definition) is 6. The van der Waals surface area contributed by atoms with Crippen molar-refractivity contribution in [3.8, 4) is 5.88 Å². The van der Waals surface area contributed by atoms with E-state index in [0.717, 1.165) is 5.69 Å². The number of halogens is 1. The maximum absolute atomic E-state index is 5.96. The van der Waals surface area contributed by atoms with Crippen LogP contribution in [0.3, 0.4) is 0 Å². The first kappa shape index (κ1) is 12.7. The van der Waals surface area contributed by atoms with Crippen LogP contribution in [0.15, 0.2) is 24.9 Å². The summed E-state index contributed by atoms with van der Waals surface area (Å²) in [6, 6.07) is 1.84. The van der Waals surface area contributed by atoms with E-state index in [9.17, 15) is 0 Å². The van der Waals surface area contributed by atoms with Crippen LogP contribution in [0.2, 0.25) is 0 Å². The predicted octanol–water partition coefficient (Wildman–Crippen LogP) is 1.41. The fourth-order valence-corrected chi connectivity index (χ4v) is 2.16. The molecule has 0 saturated heterocycles. The van der Waals surface area contributed by atoms with Crippen LogP contribution in [0.1, 0.15) is 11.5 Å². The zero-order valence-corrected chi connectivity index (χ0v) is 11.4. The zero-order chi connectivity index (χ0) is 13.9. The highest BCUT2D eigenvalue weighted by atomic mass is 35.5. The molecule has 8 heteroatoms. The molecule has 0 amide bonds. The van der Waals surface area contributed by atoms with E-state index in [0.29, 0.717) is 29.4 Å². The van der Waals surface area contributed by atoms with Gasteiger partial charge in [-0.3, -0.25) is 0 Å². The quantitative estimate of drug-likeness (QED) is 0.676. The predicted molar refractivity (Wildman–Crippen MR) is 72.6 cm³/mol. The second-order valence-corrected chi connectivity index (χ2v) is 4.27. The molecular weight excluding hydrogens is 280 g/mol. The summed E-state index contributed by atoms with van der Waals surface area (Å²) in [6.07, 6.45) is 4.64. The van der Waals surface area contributed by atoms with Gasteiger partial charge in [0.15, 0.2) is 11.2 Å². The first-order valence-corrected chi connectivity index (χ1v) is 6.42. The Morgan fingerprint density at radius 2 is 2.15 bits per heavy atom. The van der Waals surface area contributed by atoms with Crippen molar-refractivity contribution in [2.75, 3.05) is 7.11 Å². The van der Waals surface area contributed by atoms with Gasteiger partial charge in [-0.1, -0.05) is 0 Å². The lowest BCUT2D eigenvalue weighted by atomic mass is 10.4. The number of imidazole rings is 1. The van der Waals surface area contributed by atoms with Crippen LogP contribution in [-0.2, 0) is 12.4 Å². The summed E-state index contributed by atoms with van der Waals surface area (Å²) in [6.45, 7) is 0.515. The van der Waals surface area contributed by atoms with Gasteiger partial charge in [0, 0.05) is 6.20 Å². The summed E-state index contributed by atoms with van der Waals surface area (Å²) in [5.74, 6) is 1.40. The molecule has 7 nitrogen and oxygen atoms in total. The van der Waals surface area contributed by atoms with Gasteiger partial charge >= 0.3 is 0 Å². The Bertz CT molecular complexity index is 729. The molecule has 0 saturated carbocycles. The molecule has 3 rings (SSSR count). The second-order valence-electron chi connectivity index (χ2n) is 4.00. The number of fused-ring (bicyclic) bond motifs is 1. The highest BCUT2D eigenvalue weighted by Crippen LogP contribution is 2.23. The highest BCUT2D eigenvalue weighted by Gasteiger charge is 2.16. The molecular formula is C12H11ClN6O. The summed E-state index contributed by atoms with van der Waals surface area (Å²) < 4.78 is 7.09. The van der Waals surface area contributed by atoms with Crippen molar-refractivity contribution in [2.24, 2.45) is 0 Å². The minimum absolute atomic E-state index is 0.268. The van der Waals surface area contributed by atoms with Crippen molar-refractivity contribution in [2.45, 2.75) is 12.4 Å². The minimum atomic E-state index is 0.268. The molecule has 0 aliphatic carbocycles. The summed E-state index contributed by atoms with van der Waals surface area (Å²) >= 11 is 5.96. The Balaban J connectivity index is 2.13. The lowest BCUT2D eigenvalue weighted by molar-refractivity contribution is 0.401. The van der Waals surface area contributed by atoms with E-state index >= 15 is 0 Å². The van der Waals surface area contributed by atoms with Gasteiger partial charge in [0.25, 0.3) is 0 Å². The number of aromatic nitrogens is 6. The van der Waals surface area contributed by atoms with E-state index < -0.39 is 0 Å². The molecule has 3 heterocycles. The second kappa shape index (κ2) is 5.38. The van der Waals surface area contributed by atoms with E-state index in [1.54, 1.807) is 13.3 Å². The Hall–Kier alpha value is -2.28. The molecule has 3 aromatic heterocycles. The van der Waals surface area contributed by atoms with Gasteiger partial charge in [0.1, 0.15) is 18.5 Å². The van der Waals surface area contributed by atoms with Crippen LogP contribution in [-0.4, -0.2) is 36.6 Å². The molecule has 0 aliphatic heterocycles. The van der Waals surface area contributed by atoms with Crippen LogP contribution in [0, 0.1) is 0 Å². The van der Waals surface area contributed by atoms with E-state index in [1.807, 2.05) is 10.6 Å². The molecule has 0 fully saturated rings. The van der Waals surface area contributed by atoms with Crippen LogP contribution in [0.4, 0.5) is 0 Å². The Kier molecular flexibility index (Phi) is 3.42. The molecule has 102 valence electrons. The van der Waals surface area contributed by atoms with Crippen molar-refractivity contribution in [3.05, 3.63) is 36.4 Å². The largest absolute Gasteiger partial charge is 0.479 e. The van der Waals surface area contributed by atoms with Crippen molar-refractivity contribution in [3.63, 3.8) is 0 Å². The molecule has 0 aromatic carbocycles. The van der Waals surface area contributed by atoms with Crippen molar-refractivity contribution in [1.82, 2.24) is 29.5 Å². The summed E-state index contributed by atoms with van der Waals surface area (Å²) in [5, 5.41) is 0. The molecule has 0 atom stereocenters. The van der Waals surface area contributed by atoms with Gasteiger partial charge in [-0.25, -0.2) is 19.9 Å². The Labute approximate surface area is 119 Å². The lowest BCUT2D eigenvalue weighted by Gasteiger charge is -2.06. The van der Waals surface area contributed by atoms with Gasteiger partial charge in [-0.05, 0) is 6.07 Å². The first-order valence-electron chi connectivity index (χ1n) is 5.88. The molecule has 0 aliphatic rings. The van der Waals surface area contributed by atoms with Crippen LogP contribution >= 0.6 is 11.6 Å². The van der Waals surface area contributed by atoms with E-state index in [4.69, 9.17) is 16.3 Å². The highest BCUT2D eigenvalue weighted by molar-refractivity contribution is 6.16. The molecule has 0 bridgehead atoms. The Morgan fingerprint density at radius 3 is 2.85 bits per heavy atom. The van der Waals surface area contributed by atoms with E-state index in [2.05, 4.69) is 24.9 Å². The summed E-state index contributed by atoms with van der Waals surface area (Å²) in [5.41, 5.74) is 2.12. The number of alkyl halides is 1. The normalized spacial score (nSPS) is 10.9. The van der Waals surface area contributed by atoms with Gasteiger partial charge in [-0.15, -0.1) is 11.6 Å². The monoisotopic (exact) mass is 290 g/mol. The fourth-order valence-electron chi connectivity index (χ4n) is 1.95. The van der Waals surface area contributed by atoms with Gasteiger partial charge < -0.3 is 9.30 Å². The van der Waals surface area contributed by atoms with Gasteiger partial charge in [0.2, 0.25) is 5.88 Å². The molecule has 0 unspecified atom stereocenters. The summed E-state index contributed by atoms with van der Waals surface area (Å²) in [7, 11) is 1.55. The number of methoxy groups -OCH3 is 1. The third kappa shape index (κ3) is 2.16. The lowest BCUT2D eigenvalue weighted by Crippen LogP contribution is -2.06. The van der Waals surface area contributed by atoms with E-state index in [-0.39, 0.29) is 5.88 Å². The number of hydrogen-bond donors (Lipinski definition) is 0. The van der Waals surface area contributed by atoms with Crippen molar-refractivity contribution in [1.29, 1.82) is 0 Å². The van der Waals surface area contributed by atoms with Gasteiger partial charge in [-0.2, -0.15) is 4.98 Å². The topological polar surface area (TPSA) is 78.6 Å². The molecule has 20 heavy (non-hydrogen) atoms. The minimum Gasteiger partial charge on any atom is -0.479 e. The third-order valence-electron chi connectivity index (χ3n) is 2.85. The first-order chi connectivity index (χ1) is 9.83. The maximum Gasteiger partial charge on any atom is 0.245 e. The Morgan fingerprint density at radius 1 is 1.25 bits per heavy atom. The van der Waals surface area contributed by atoms with Crippen LogP contribution in [0.5, 0.6) is 5.88 Å². The standard InChI is InChI=1S/C12H11ClN6O/c1-20-12-10-11(16-7-17-12)19(9(4-13)18-10)5-8-2-3-14-6-15-8/h2-3,6-7H,4-5H2,1H3. The van der Waals surface area contributed by atoms with Crippen LogP contribution < -0.4 is 4.74 Å². The molecule has 0 spiro atoms. The number of nitrogens with zero attached hydrogens (tertiary/aromatic N) is 6. The van der Waals surface area contributed by atoms with E-state index in [1.165, 1.54) is 12.7 Å². The number of rotatable bonds is 4. The maximum atomic E-state index is 5.96. The third-order valence-corrected chi connectivity index (χ3v) is 3.09. The van der Waals surface area contributed by atoms with Crippen molar-refractivity contribution < 1.29 is 4.74 Å². The number of ether oxygens (including phenoxy) is 1. The van der Waals surface area contributed by atoms with Crippen LogP contribution in [0.25, 0.3) is 11.2 Å². The SMILES string of the molecule is COc1ncnc2c1nc(CCl)n2Cc1ccncn1. The van der Waals surface area contributed by atoms with Gasteiger partial charge in [0.05, 0.1) is 25.2 Å². The molecule has 0 N–H and O–H groups in total. The fraction of sp³-hybridized carbons (Fsp3) is 0.250. The molecule has 0 radical (unpaired) electrons.